The Morgan fingerprint density at radius 3 is 2.45 bits per heavy atom. The summed E-state index contributed by atoms with van der Waals surface area (Å²) in [6.07, 6.45) is -1.43. The maximum absolute atomic E-state index is 12.5. The zero-order valence-corrected chi connectivity index (χ0v) is 9.85. The summed E-state index contributed by atoms with van der Waals surface area (Å²) in [4.78, 5) is 11.5. The summed E-state index contributed by atoms with van der Waals surface area (Å²) in [5.41, 5.74) is -0.584. The van der Waals surface area contributed by atoms with Crippen molar-refractivity contribution in [2.24, 2.45) is 0 Å². The van der Waals surface area contributed by atoms with E-state index < -0.39 is 17.3 Å². The second-order valence-electron chi connectivity index (χ2n) is 4.12. The smallest absolute Gasteiger partial charge is 0.265 e. The van der Waals surface area contributed by atoms with Crippen LogP contribution in [0.4, 0.5) is 13.2 Å². The first kappa shape index (κ1) is 12.4. The minimum absolute atomic E-state index is 0.180. The summed E-state index contributed by atoms with van der Waals surface area (Å²) < 4.78 is 38.7. The first-order valence-electron chi connectivity index (χ1n) is 5.56. The average Bonchev–Trinajstić information content (AvgIpc) is 2.83. The predicted octanol–water partition coefficient (Wildman–Crippen LogP) is 2.13. The Bertz CT molecular complexity index is 817. The van der Waals surface area contributed by atoms with Gasteiger partial charge < -0.3 is 0 Å². The molecule has 0 amide bonds. The molecule has 102 valence electrons. The monoisotopic (exact) mass is 280 g/mol. The van der Waals surface area contributed by atoms with Crippen LogP contribution in [-0.4, -0.2) is 20.0 Å². The van der Waals surface area contributed by atoms with Gasteiger partial charge in [0.2, 0.25) is 0 Å². The van der Waals surface area contributed by atoms with Crippen LogP contribution in [0.1, 0.15) is 5.56 Å². The number of alkyl halides is 3. The lowest BCUT2D eigenvalue weighted by Crippen LogP contribution is -2.08. The lowest BCUT2D eigenvalue weighted by Gasteiger charge is -2.07. The van der Waals surface area contributed by atoms with Crippen LogP contribution in [0.15, 0.2) is 41.5 Å². The van der Waals surface area contributed by atoms with Crippen molar-refractivity contribution in [2.75, 3.05) is 0 Å². The van der Waals surface area contributed by atoms with E-state index >= 15 is 0 Å². The van der Waals surface area contributed by atoms with Crippen molar-refractivity contribution in [3.05, 3.63) is 52.6 Å². The Kier molecular flexibility index (Phi) is 2.60. The molecule has 5 nitrogen and oxygen atoms in total. The van der Waals surface area contributed by atoms with E-state index in [2.05, 4.69) is 15.3 Å². The molecular weight excluding hydrogens is 273 g/mol. The second-order valence-corrected chi connectivity index (χ2v) is 4.12. The van der Waals surface area contributed by atoms with Crippen LogP contribution in [0.5, 0.6) is 0 Å². The molecule has 0 radical (unpaired) electrons. The number of hydrogen-bond donors (Lipinski definition) is 1. The van der Waals surface area contributed by atoms with Crippen molar-refractivity contribution in [1.82, 2.24) is 20.0 Å². The van der Waals surface area contributed by atoms with Crippen LogP contribution in [0.2, 0.25) is 0 Å². The number of halogens is 3. The van der Waals surface area contributed by atoms with Gasteiger partial charge in [-0.1, -0.05) is 0 Å². The molecule has 0 aliphatic rings. The Balaban J connectivity index is 2.07. The molecule has 0 aliphatic carbocycles. The highest BCUT2D eigenvalue weighted by molar-refractivity contribution is 5.76. The molecule has 0 aliphatic heterocycles. The predicted molar refractivity (Wildman–Crippen MR) is 64.5 cm³/mol. The van der Waals surface area contributed by atoms with Gasteiger partial charge in [-0.25, -0.2) is 9.78 Å². The van der Waals surface area contributed by atoms with E-state index in [0.717, 1.165) is 12.1 Å². The Hall–Kier alpha value is -2.64. The van der Waals surface area contributed by atoms with Crippen molar-refractivity contribution in [3.8, 4) is 5.69 Å². The highest BCUT2D eigenvalue weighted by Crippen LogP contribution is 2.29. The molecular formula is C12H7F3N4O. The lowest BCUT2D eigenvalue weighted by molar-refractivity contribution is -0.137. The quantitative estimate of drug-likeness (QED) is 0.742. The first-order valence-corrected chi connectivity index (χ1v) is 5.56. The maximum Gasteiger partial charge on any atom is 0.416 e. The van der Waals surface area contributed by atoms with E-state index in [9.17, 15) is 18.0 Å². The third-order valence-corrected chi connectivity index (χ3v) is 2.79. The van der Waals surface area contributed by atoms with Crippen LogP contribution in [0.3, 0.4) is 0 Å². The van der Waals surface area contributed by atoms with Gasteiger partial charge in [-0.3, -0.25) is 4.79 Å². The molecule has 0 spiro atoms. The molecule has 2 aromatic heterocycles. The first-order chi connectivity index (χ1) is 9.45. The average molecular weight is 280 g/mol. The fourth-order valence-electron chi connectivity index (χ4n) is 1.81. The van der Waals surface area contributed by atoms with Crippen molar-refractivity contribution >= 4 is 10.9 Å². The molecule has 1 N–H and O–H groups in total. The fraction of sp³-hybridized carbons (Fsp3) is 0.0833. The number of benzene rings is 1. The number of H-pyrrole nitrogens is 1. The third kappa shape index (κ3) is 2.04. The van der Waals surface area contributed by atoms with Crippen molar-refractivity contribution in [2.45, 2.75) is 6.18 Å². The van der Waals surface area contributed by atoms with Crippen molar-refractivity contribution in [1.29, 1.82) is 0 Å². The molecule has 0 unspecified atom stereocenters. The van der Waals surface area contributed by atoms with Gasteiger partial charge in [0.1, 0.15) is 0 Å². The Morgan fingerprint density at radius 1 is 1.15 bits per heavy atom. The van der Waals surface area contributed by atoms with Crippen molar-refractivity contribution < 1.29 is 13.2 Å². The van der Waals surface area contributed by atoms with Gasteiger partial charge in [0, 0.05) is 11.6 Å². The second kappa shape index (κ2) is 4.19. The summed E-state index contributed by atoms with van der Waals surface area (Å²) in [7, 11) is 0. The van der Waals surface area contributed by atoms with Crippen LogP contribution in [0, 0.1) is 0 Å². The summed E-state index contributed by atoms with van der Waals surface area (Å²) in [6.45, 7) is 0. The summed E-state index contributed by atoms with van der Waals surface area (Å²) in [5.74, 6) is 0. The zero-order valence-electron chi connectivity index (χ0n) is 9.85. The summed E-state index contributed by atoms with van der Waals surface area (Å²) in [5, 5.41) is 10.4. The molecule has 0 atom stereocenters. The van der Waals surface area contributed by atoms with Gasteiger partial charge in [0.15, 0.2) is 5.52 Å². The van der Waals surface area contributed by atoms with Gasteiger partial charge in [0.25, 0.3) is 5.56 Å². The zero-order chi connectivity index (χ0) is 14.3. The minimum Gasteiger partial charge on any atom is -0.265 e. The number of fused-ring (bicyclic) bond motifs is 1. The highest BCUT2D eigenvalue weighted by atomic mass is 19.4. The van der Waals surface area contributed by atoms with Crippen LogP contribution < -0.4 is 5.56 Å². The van der Waals surface area contributed by atoms with E-state index in [1.165, 1.54) is 29.2 Å². The SMILES string of the molecule is O=c1[nH]ncc2cn(-c3ccc(C(F)(F)F)cc3)nc12. The Morgan fingerprint density at radius 2 is 1.85 bits per heavy atom. The highest BCUT2D eigenvalue weighted by Gasteiger charge is 2.30. The maximum atomic E-state index is 12.5. The molecule has 0 fully saturated rings. The van der Waals surface area contributed by atoms with E-state index in [1.54, 1.807) is 0 Å². The van der Waals surface area contributed by atoms with Crippen LogP contribution in [0.25, 0.3) is 16.6 Å². The number of aromatic nitrogens is 4. The van der Waals surface area contributed by atoms with E-state index in [4.69, 9.17) is 0 Å². The van der Waals surface area contributed by atoms with E-state index in [1.807, 2.05) is 0 Å². The van der Waals surface area contributed by atoms with Crippen LogP contribution in [-0.2, 0) is 6.18 Å². The molecule has 8 heteroatoms. The molecule has 0 bridgehead atoms. The molecule has 0 saturated heterocycles. The van der Waals surface area contributed by atoms with Crippen molar-refractivity contribution in [3.63, 3.8) is 0 Å². The summed E-state index contributed by atoms with van der Waals surface area (Å²) in [6, 6.07) is 4.50. The normalized spacial score (nSPS) is 11.9. The largest absolute Gasteiger partial charge is 0.416 e. The van der Waals surface area contributed by atoms with Gasteiger partial charge in [-0.05, 0) is 24.3 Å². The molecule has 20 heavy (non-hydrogen) atoms. The fourth-order valence-corrected chi connectivity index (χ4v) is 1.81. The van der Waals surface area contributed by atoms with Gasteiger partial charge in [-0.15, -0.1) is 0 Å². The molecule has 0 saturated carbocycles. The van der Waals surface area contributed by atoms with E-state index in [0.29, 0.717) is 11.1 Å². The van der Waals surface area contributed by atoms with E-state index in [-0.39, 0.29) is 5.52 Å². The third-order valence-electron chi connectivity index (χ3n) is 2.79. The van der Waals surface area contributed by atoms with Gasteiger partial charge in [0.05, 0.1) is 17.4 Å². The number of nitrogens with zero attached hydrogens (tertiary/aromatic N) is 3. The Labute approximate surface area is 109 Å². The molecule has 2 heterocycles. The minimum atomic E-state index is -4.38. The number of nitrogens with one attached hydrogen (secondary N) is 1. The van der Waals surface area contributed by atoms with Crippen LogP contribution >= 0.6 is 0 Å². The number of hydrogen-bond acceptors (Lipinski definition) is 3. The topological polar surface area (TPSA) is 63.6 Å². The number of rotatable bonds is 1. The summed E-state index contributed by atoms with van der Waals surface area (Å²) >= 11 is 0. The standard InChI is InChI=1S/C12H7F3N4O/c13-12(14,15)8-1-3-9(4-2-8)19-6-7-5-16-17-11(20)10(7)18-19/h1-6H,(H,17,20). The van der Waals surface area contributed by atoms with Gasteiger partial charge >= 0.3 is 6.18 Å². The number of aromatic amines is 1. The molecule has 3 rings (SSSR count). The lowest BCUT2D eigenvalue weighted by atomic mass is 10.2. The van der Waals surface area contributed by atoms with Gasteiger partial charge in [-0.2, -0.15) is 23.4 Å². The molecule has 3 aromatic rings. The molecule has 1 aromatic carbocycles.